The number of halogens is 1. The molecule has 1 heterocycles. The van der Waals surface area contributed by atoms with Crippen molar-refractivity contribution in [2.45, 2.75) is 38.6 Å². The number of rotatable bonds is 3. The van der Waals surface area contributed by atoms with Crippen LogP contribution in [-0.4, -0.2) is 10.7 Å². The van der Waals surface area contributed by atoms with Gasteiger partial charge in [0.1, 0.15) is 0 Å². The van der Waals surface area contributed by atoms with Gasteiger partial charge in [0.15, 0.2) is 5.78 Å². The van der Waals surface area contributed by atoms with Gasteiger partial charge in [-0.15, -0.1) is 0 Å². The Morgan fingerprint density at radius 3 is 2.54 bits per heavy atom. The minimum Gasteiger partial charge on any atom is -0.344 e. The summed E-state index contributed by atoms with van der Waals surface area (Å²) in [6.07, 6.45) is 4.83. The van der Waals surface area contributed by atoms with Gasteiger partial charge in [-0.2, -0.15) is 0 Å². The van der Waals surface area contributed by atoms with Crippen molar-refractivity contribution >= 4 is 21.7 Å². The van der Waals surface area contributed by atoms with Crippen LogP contribution in [0.2, 0.25) is 0 Å². The lowest BCUT2D eigenvalue weighted by atomic mass is 9.79. The third-order valence-corrected chi connectivity index (χ3v) is 6.05. The van der Waals surface area contributed by atoms with Crippen molar-refractivity contribution in [1.29, 1.82) is 0 Å². The third-order valence-electron chi connectivity index (χ3n) is 5.32. The van der Waals surface area contributed by atoms with Crippen molar-refractivity contribution < 1.29 is 4.79 Å². The number of ketones is 1. The van der Waals surface area contributed by atoms with Gasteiger partial charge < -0.3 is 4.90 Å². The summed E-state index contributed by atoms with van der Waals surface area (Å²) in [5.74, 6) is 0.342. The molecule has 26 heavy (non-hydrogen) atoms. The number of carbonyl (C=O) groups is 1. The van der Waals surface area contributed by atoms with Gasteiger partial charge in [-0.25, -0.2) is 0 Å². The zero-order valence-corrected chi connectivity index (χ0v) is 16.5. The second-order valence-corrected chi connectivity index (χ2v) is 7.87. The van der Waals surface area contributed by atoms with E-state index in [4.69, 9.17) is 0 Å². The van der Waals surface area contributed by atoms with E-state index in [2.05, 4.69) is 70.2 Å². The molecule has 2 aliphatic rings. The molecule has 0 saturated heterocycles. The largest absolute Gasteiger partial charge is 0.344 e. The van der Waals surface area contributed by atoms with Crippen LogP contribution in [-0.2, 0) is 11.3 Å². The third kappa shape index (κ3) is 3.16. The highest BCUT2D eigenvalue weighted by molar-refractivity contribution is 9.10. The summed E-state index contributed by atoms with van der Waals surface area (Å²) in [7, 11) is 0. The lowest BCUT2D eigenvalue weighted by Crippen LogP contribution is -2.32. The number of hydrogen-bond donors (Lipinski definition) is 0. The minimum atomic E-state index is 0.0420. The fourth-order valence-corrected chi connectivity index (χ4v) is 4.60. The molecule has 0 radical (unpaired) electrons. The van der Waals surface area contributed by atoms with E-state index in [1.807, 2.05) is 18.2 Å². The van der Waals surface area contributed by atoms with Gasteiger partial charge >= 0.3 is 0 Å². The number of allylic oxidation sites excluding steroid dienone is 4. The highest BCUT2D eigenvalue weighted by atomic mass is 79.9. The molecule has 2 aromatic rings. The molecule has 0 aromatic heterocycles. The summed E-state index contributed by atoms with van der Waals surface area (Å²) in [5.41, 5.74) is 5.87. The van der Waals surface area contributed by atoms with Crippen molar-refractivity contribution in [3.63, 3.8) is 0 Å². The first-order valence-corrected chi connectivity index (χ1v) is 9.95. The Balaban J connectivity index is 1.79. The summed E-state index contributed by atoms with van der Waals surface area (Å²) in [5, 5.41) is 0. The predicted octanol–water partition coefficient (Wildman–Crippen LogP) is 5.96. The Bertz CT molecular complexity index is 897. The van der Waals surface area contributed by atoms with Gasteiger partial charge in [-0.3, -0.25) is 4.79 Å². The van der Waals surface area contributed by atoms with E-state index >= 15 is 0 Å². The van der Waals surface area contributed by atoms with Crippen LogP contribution in [0.3, 0.4) is 0 Å². The minimum absolute atomic E-state index is 0.0420. The molecule has 132 valence electrons. The quantitative estimate of drug-likeness (QED) is 0.625. The summed E-state index contributed by atoms with van der Waals surface area (Å²) in [6, 6.07) is 18.7. The van der Waals surface area contributed by atoms with Crippen LogP contribution in [0.25, 0.3) is 0 Å². The maximum absolute atomic E-state index is 12.9. The fourth-order valence-electron chi connectivity index (χ4n) is 4.07. The predicted molar refractivity (Wildman–Crippen MR) is 109 cm³/mol. The standard InChI is InChI=1S/C23H22BrNO/c1-16-14-19(18-10-5-6-11-20(18)24)23-21(12-7-13-22(23)26)25(16)15-17-8-3-2-4-9-17/h2-6,8-11,14,19H,7,12-13,15H2,1H3. The fraction of sp³-hybridized carbons (Fsp3) is 0.261. The maximum Gasteiger partial charge on any atom is 0.161 e. The van der Waals surface area contributed by atoms with Crippen LogP contribution in [0, 0.1) is 0 Å². The first kappa shape index (κ1) is 17.3. The Labute approximate surface area is 163 Å². The SMILES string of the molecule is CC1=CC(c2ccccc2Br)C2=C(CCCC2=O)N1Cc1ccccc1. The van der Waals surface area contributed by atoms with E-state index in [-0.39, 0.29) is 5.92 Å². The topological polar surface area (TPSA) is 20.3 Å². The summed E-state index contributed by atoms with van der Waals surface area (Å²) >= 11 is 3.68. The average molecular weight is 408 g/mol. The number of benzene rings is 2. The average Bonchev–Trinajstić information content (AvgIpc) is 2.65. The van der Waals surface area contributed by atoms with Crippen LogP contribution in [0.4, 0.5) is 0 Å². The molecule has 0 amide bonds. The van der Waals surface area contributed by atoms with Gasteiger partial charge in [-0.05, 0) is 37.0 Å². The molecule has 0 saturated carbocycles. The molecule has 4 rings (SSSR count). The molecule has 2 nitrogen and oxygen atoms in total. The van der Waals surface area contributed by atoms with Crippen LogP contribution < -0.4 is 0 Å². The molecule has 1 atom stereocenters. The molecular formula is C23H22BrNO. The summed E-state index contributed by atoms with van der Waals surface area (Å²) < 4.78 is 1.07. The van der Waals surface area contributed by atoms with Crippen LogP contribution in [0.1, 0.15) is 43.2 Å². The van der Waals surface area contributed by atoms with Gasteiger partial charge in [0.25, 0.3) is 0 Å². The smallest absolute Gasteiger partial charge is 0.161 e. The monoisotopic (exact) mass is 407 g/mol. The molecule has 1 aliphatic carbocycles. The Hall–Kier alpha value is -2.13. The Morgan fingerprint density at radius 1 is 1.04 bits per heavy atom. The summed E-state index contributed by atoms with van der Waals surface area (Å²) in [6.45, 7) is 2.98. The van der Waals surface area contributed by atoms with Crippen molar-refractivity contribution in [3.05, 3.63) is 93.2 Å². The van der Waals surface area contributed by atoms with Gasteiger partial charge in [0, 0.05) is 40.3 Å². The number of nitrogens with zero attached hydrogens (tertiary/aromatic N) is 1. The van der Waals surface area contributed by atoms with Crippen molar-refractivity contribution in [1.82, 2.24) is 4.90 Å². The molecule has 1 unspecified atom stereocenters. The maximum atomic E-state index is 12.9. The van der Waals surface area contributed by atoms with Crippen LogP contribution in [0.5, 0.6) is 0 Å². The normalized spacial score (nSPS) is 20.1. The van der Waals surface area contributed by atoms with Gasteiger partial charge in [0.2, 0.25) is 0 Å². The second-order valence-electron chi connectivity index (χ2n) is 7.02. The molecule has 2 aromatic carbocycles. The highest BCUT2D eigenvalue weighted by Crippen LogP contribution is 2.43. The first-order chi connectivity index (χ1) is 12.6. The zero-order chi connectivity index (χ0) is 18.1. The first-order valence-electron chi connectivity index (χ1n) is 9.15. The van der Waals surface area contributed by atoms with Gasteiger partial charge in [0.05, 0.1) is 0 Å². The van der Waals surface area contributed by atoms with Crippen molar-refractivity contribution in [2.75, 3.05) is 0 Å². The lowest BCUT2D eigenvalue weighted by molar-refractivity contribution is -0.116. The van der Waals surface area contributed by atoms with Gasteiger partial charge in [-0.1, -0.05) is 70.5 Å². The molecule has 0 N–H and O–H groups in total. The lowest BCUT2D eigenvalue weighted by Gasteiger charge is -2.39. The highest BCUT2D eigenvalue weighted by Gasteiger charge is 2.34. The van der Waals surface area contributed by atoms with E-state index in [0.29, 0.717) is 12.2 Å². The molecule has 1 aliphatic heterocycles. The molecule has 0 bridgehead atoms. The molecular weight excluding hydrogens is 386 g/mol. The van der Waals surface area contributed by atoms with E-state index in [9.17, 15) is 4.79 Å². The van der Waals surface area contributed by atoms with E-state index in [0.717, 1.165) is 29.4 Å². The molecule has 3 heteroatoms. The Kier molecular flexibility index (Phi) is 4.82. The summed E-state index contributed by atoms with van der Waals surface area (Å²) in [4.78, 5) is 15.2. The van der Waals surface area contributed by atoms with Crippen LogP contribution in [0.15, 0.2) is 82.1 Å². The number of Topliss-reactive ketones (excluding diaryl/α,β-unsaturated/α-hetero) is 1. The van der Waals surface area contributed by atoms with E-state index in [1.165, 1.54) is 22.5 Å². The Morgan fingerprint density at radius 2 is 1.77 bits per heavy atom. The van der Waals surface area contributed by atoms with Crippen molar-refractivity contribution in [3.8, 4) is 0 Å². The second kappa shape index (κ2) is 7.24. The van der Waals surface area contributed by atoms with E-state index in [1.54, 1.807) is 0 Å². The number of carbonyl (C=O) groups excluding carboxylic acids is 1. The van der Waals surface area contributed by atoms with E-state index < -0.39 is 0 Å². The molecule has 0 fully saturated rings. The van der Waals surface area contributed by atoms with Crippen LogP contribution >= 0.6 is 15.9 Å². The molecule has 0 spiro atoms. The zero-order valence-electron chi connectivity index (χ0n) is 14.9. The number of hydrogen-bond acceptors (Lipinski definition) is 2. The van der Waals surface area contributed by atoms with Crippen molar-refractivity contribution in [2.24, 2.45) is 0 Å².